The number of hydrogen-bond donors (Lipinski definition) is 2. The fourth-order valence-electron chi connectivity index (χ4n) is 2.72. The number of aromatic nitrogens is 1. The molecule has 3 rings (SSSR count). The SMILES string of the molecule is CC(C)C(=O)NCCc1c[nH]c2ccc(OCc3ccccc3)cc12. The van der Waals surface area contributed by atoms with Gasteiger partial charge in [0.25, 0.3) is 0 Å². The van der Waals surface area contributed by atoms with Gasteiger partial charge in [0.2, 0.25) is 5.91 Å². The molecule has 0 aliphatic carbocycles. The number of amides is 1. The van der Waals surface area contributed by atoms with Gasteiger partial charge in [-0.15, -0.1) is 0 Å². The van der Waals surface area contributed by atoms with Gasteiger partial charge < -0.3 is 15.0 Å². The second-order valence-corrected chi connectivity index (χ2v) is 6.49. The highest BCUT2D eigenvalue weighted by Crippen LogP contribution is 2.24. The van der Waals surface area contributed by atoms with E-state index in [1.807, 2.05) is 50.4 Å². The van der Waals surface area contributed by atoms with Crippen LogP contribution in [0.1, 0.15) is 25.0 Å². The molecule has 4 nitrogen and oxygen atoms in total. The first kappa shape index (κ1) is 17.1. The Labute approximate surface area is 148 Å². The molecule has 1 heterocycles. The molecule has 1 amide bonds. The molecule has 0 unspecified atom stereocenters. The molecular formula is C21H24N2O2. The topological polar surface area (TPSA) is 54.1 Å². The van der Waals surface area contributed by atoms with Crippen LogP contribution in [0.25, 0.3) is 10.9 Å². The fraction of sp³-hybridized carbons (Fsp3) is 0.286. The molecule has 2 N–H and O–H groups in total. The minimum Gasteiger partial charge on any atom is -0.489 e. The van der Waals surface area contributed by atoms with Gasteiger partial charge in [-0.25, -0.2) is 0 Å². The first-order chi connectivity index (χ1) is 12.1. The Balaban J connectivity index is 1.66. The van der Waals surface area contributed by atoms with Gasteiger partial charge in [-0.05, 0) is 35.7 Å². The Bertz CT molecular complexity index is 837. The number of fused-ring (bicyclic) bond motifs is 1. The first-order valence-electron chi connectivity index (χ1n) is 8.68. The van der Waals surface area contributed by atoms with Crippen LogP contribution >= 0.6 is 0 Å². The number of H-pyrrole nitrogens is 1. The normalized spacial score (nSPS) is 11.0. The number of benzene rings is 2. The lowest BCUT2D eigenvalue weighted by Crippen LogP contribution is -2.29. The van der Waals surface area contributed by atoms with Gasteiger partial charge in [-0.3, -0.25) is 4.79 Å². The van der Waals surface area contributed by atoms with Crippen LogP contribution < -0.4 is 10.1 Å². The Morgan fingerprint density at radius 3 is 2.72 bits per heavy atom. The molecule has 4 heteroatoms. The number of ether oxygens (including phenoxy) is 1. The van der Waals surface area contributed by atoms with Crippen LogP contribution in [0, 0.1) is 5.92 Å². The smallest absolute Gasteiger partial charge is 0.222 e. The zero-order chi connectivity index (χ0) is 17.6. The molecule has 0 radical (unpaired) electrons. The van der Waals surface area contributed by atoms with Gasteiger partial charge in [0, 0.05) is 29.6 Å². The van der Waals surface area contributed by atoms with E-state index < -0.39 is 0 Å². The van der Waals surface area contributed by atoms with Gasteiger partial charge in [-0.2, -0.15) is 0 Å². The number of nitrogens with one attached hydrogen (secondary N) is 2. The lowest BCUT2D eigenvalue weighted by atomic mass is 10.1. The number of hydrogen-bond acceptors (Lipinski definition) is 2. The minimum atomic E-state index is 0.0148. The fourth-order valence-corrected chi connectivity index (χ4v) is 2.72. The Morgan fingerprint density at radius 2 is 1.96 bits per heavy atom. The van der Waals surface area contributed by atoms with E-state index in [0.717, 1.165) is 28.6 Å². The molecule has 2 aromatic carbocycles. The lowest BCUT2D eigenvalue weighted by Gasteiger charge is -2.08. The van der Waals surface area contributed by atoms with E-state index in [-0.39, 0.29) is 11.8 Å². The van der Waals surface area contributed by atoms with Crippen molar-refractivity contribution in [1.29, 1.82) is 0 Å². The predicted molar refractivity (Wildman–Crippen MR) is 101 cm³/mol. The van der Waals surface area contributed by atoms with E-state index in [1.54, 1.807) is 0 Å². The first-order valence-corrected chi connectivity index (χ1v) is 8.68. The standard InChI is InChI=1S/C21H24N2O2/c1-15(2)21(24)22-11-10-17-13-23-20-9-8-18(12-19(17)20)25-14-16-6-4-3-5-7-16/h3-9,12-13,15,23H,10-11,14H2,1-2H3,(H,22,24). The highest BCUT2D eigenvalue weighted by Gasteiger charge is 2.08. The summed E-state index contributed by atoms with van der Waals surface area (Å²) in [4.78, 5) is 15.0. The van der Waals surface area contributed by atoms with E-state index in [2.05, 4.69) is 28.5 Å². The molecule has 0 fully saturated rings. The molecular weight excluding hydrogens is 312 g/mol. The van der Waals surface area contributed by atoms with E-state index in [4.69, 9.17) is 4.74 Å². The van der Waals surface area contributed by atoms with Crippen molar-refractivity contribution < 1.29 is 9.53 Å². The van der Waals surface area contributed by atoms with Crippen molar-refractivity contribution in [3.63, 3.8) is 0 Å². The van der Waals surface area contributed by atoms with Crippen molar-refractivity contribution in [1.82, 2.24) is 10.3 Å². The van der Waals surface area contributed by atoms with E-state index >= 15 is 0 Å². The molecule has 25 heavy (non-hydrogen) atoms. The quantitative estimate of drug-likeness (QED) is 0.683. The van der Waals surface area contributed by atoms with E-state index in [1.165, 1.54) is 5.56 Å². The second-order valence-electron chi connectivity index (χ2n) is 6.49. The number of carbonyl (C=O) groups excluding carboxylic acids is 1. The molecule has 0 aliphatic rings. The van der Waals surface area contributed by atoms with Crippen molar-refractivity contribution in [3.8, 4) is 5.75 Å². The van der Waals surface area contributed by atoms with Crippen LogP contribution in [0.2, 0.25) is 0 Å². The third-order valence-corrected chi connectivity index (χ3v) is 4.21. The molecule has 130 valence electrons. The Kier molecular flexibility index (Phi) is 5.39. The van der Waals surface area contributed by atoms with Crippen molar-refractivity contribution in [2.45, 2.75) is 26.9 Å². The summed E-state index contributed by atoms with van der Waals surface area (Å²) in [6.45, 7) is 4.99. The summed E-state index contributed by atoms with van der Waals surface area (Å²) in [5.41, 5.74) is 3.41. The number of rotatable bonds is 7. The molecule has 0 aliphatic heterocycles. The van der Waals surface area contributed by atoms with Crippen LogP contribution in [-0.2, 0) is 17.8 Å². The zero-order valence-corrected chi connectivity index (χ0v) is 14.7. The van der Waals surface area contributed by atoms with Gasteiger partial charge in [-0.1, -0.05) is 44.2 Å². The summed E-state index contributed by atoms with van der Waals surface area (Å²) in [6, 6.07) is 16.2. The van der Waals surface area contributed by atoms with Gasteiger partial charge in [0.05, 0.1) is 0 Å². The van der Waals surface area contributed by atoms with E-state index in [9.17, 15) is 4.79 Å². The lowest BCUT2D eigenvalue weighted by molar-refractivity contribution is -0.123. The molecule has 0 atom stereocenters. The molecule has 0 saturated heterocycles. The Hall–Kier alpha value is -2.75. The number of carbonyl (C=O) groups is 1. The minimum absolute atomic E-state index is 0.0148. The van der Waals surface area contributed by atoms with Crippen molar-refractivity contribution in [2.24, 2.45) is 5.92 Å². The summed E-state index contributed by atoms with van der Waals surface area (Å²) in [5.74, 6) is 0.955. The van der Waals surface area contributed by atoms with Crippen molar-refractivity contribution in [2.75, 3.05) is 6.54 Å². The molecule has 0 saturated carbocycles. The maximum atomic E-state index is 11.7. The number of aromatic amines is 1. The summed E-state index contributed by atoms with van der Waals surface area (Å²) in [5, 5.41) is 4.11. The van der Waals surface area contributed by atoms with Crippen molar-refractivity contribution >= 4 is 16.8 Å². The molecule has 0 spiro atoms. The summed E-state index contributed by atoms with van der Waals surface area (Å²) in [6.07, 6.45) is 2.80. The van der Waals surface area contributed by atoms with Gasteiger partial charge >= 0.3 is 0 Å². The van der Waals surface area contributed by atoms with Crippen LogP contribution in [0.15, 0.2) is 54.7 Å². The van der Waals surface area contributed by atoms with Crippen LogP contribution in [-0.4, -0.2) is 17.4 Å². The van der Waals surface area contributed by atoms with Crippen LogP contribution in [0.4, 0.5) is 0 Å². The van der Waals surface area contributed by atoms with Crippen LogP contribution in [0.3, 0.4) is 0 Å². The van der Waals surface area contributed by atoms with Crippen molar-refractivity contribution in [3.05, 3.63) is 65.9 Å². The summed E-state index contributed by atoms with van der Waals surface area (Å²) >= 11 is 0. The van der Waals surface area contributed by atoms with Crippen LogP contribution in [0.5, 0.6) is 5.75 Å². The molecule has 3 aromatic rings. The average molecular weight is 336 g/mol. The highest BCUT2D eigenvalue weighted by atomic mass is 16.5. The maximum Gasteiger partial charge on any atom is 0.222 e. The zero-order valence-electron chi connectivity index (χ0n) is 14.7. The summed E-state index contributed by atoms with van der Waals surface area (Å²) < 4.78 is 5.92. The Morgan fingerprint density at radius 1 is 1.16 bits per heavy atom. The van der Waals surface area contributed by atoms with Gasteiger partial charge in [0.15, 0.2) is 0 Å². The monoisotopic (exact) mass is 336 g/mol. The summed E-state index contributed by atoms with van der Waals surface area (Å²) in [7, 11) is 0. The predicted octanol–water partition coefficient (Wildman–Crippen LogP) is 4.06. The molecule has 1 aromatic heterocycles. The second kappa shape index (κ2) is 7.88. The van der Waals surface area contributed by atoms with E-state index in [0.29, 0.717) is 13.2 Å². The maximum absolute atomic E-state index is 11.7. The third kappa shape index (κ3) is 4.41. The van der Waals surface area contributed by atoms with Gasteiger partial charge in [0.1, 0.15) is 12.4 Å². The third-order valence-electron chi connectivity index (χ3n) is 4.21. The largest absolute Gasteiger partial charge is 0.489 e. The highest BCUT2D eigenvalue weighted by molar-refractivity contribution is 5.84. The average Bonchev–Trinajstić information content (AvgIpc) is 3.03. The molecule has 0 bridgehead atoms.